The number of likely N-dealkylation sites (tertiary alicyclic amines) is 1. The zero-order chi connectivity index (χ0) is 16.9. The van der Waals surface area contributed by atoms with Crippen LogP contribution in [-0.4, -0.2) is 23.9 Å². The lowest BCUT2D eigenvalue weighted by atomic mass is 9.95. The Morgan fingerprint density at radius 3 is 2.54 bits per heavy atom. The molecule has 1 amide bonds. The highest BCUT2D eigenvalue weighted by Gasteiger charge is 2.25. The van der Waals surface area contributed by atoms with Gasteiger partial charge in [-0.2, -0.15) is 0 Å². The lowest BCUT2D eigenvalue weighted by Gasteiger charge is -2.31. The van der Waals surface area contributed by atoms with Crippen LogP contribution < -0.4 is 5.32 Å². The topological polar surface area (TPSA) is 32.3 Å². The standard InChI is InChI=1S/C19H20BrFN2O/c20-16-7-6-15(18(21)12-16)13-23-10-8-14(9-11-23)19(24)22-17-4-2-1-3-5-17/h1-7,12,14H,8-11,13H2,(H,22,24). The van der Waals surface area contributed by atoms with Gasteiger partial charge in [-0.3, -0.25) is 9.69 Å². The first-order chi connectivity index (χ1) is 11.6. The van der Waals surface area contributed by atoms with Crippen molar-refractivity contribution in [2.75, 3.05) is 18.4 Å². The molecule has 0 aliphatic carbocycles. The largest absolute Gasteiger partial charge is 0.326 e. The van der Waals surface area contributed by atoms with Gasteiger partial charge in [-0.25, -0.2) is 4.39 Å². The van der Waals surface area contributed by atoms with Crippen molar-refractivity contribution in [3.8, 4) is 0 Å². The molecule has 2 aromatic carbocycles. The van der Waals surface area contributed by atoms with E-state index in [0.29, 0.717) is 12.1 Å². The number of hydrogen-bond donors (Lipinski definition) is 1. The molecule has 0 spiro atoms. The predicted octanol–water partition coefficient (Wildman–Crippen LogP) is 4.44. The SMILES string of the molecule is O=C(Nc1ccccc1)C1CCN(Cc2ccc(Br)cc2F)CC1. The number of benzene rings is 2. The van der Waals surface area contributed by atoms with E-state index < -0.39 is 0 Å². The van der Waals surface area contributed by atoms with Crippen molar-refractivity contribution in [3.05, 3.63) is 64.4 Å². The van der Waals surface area contributed by atoms with Crippen LogP contribution in [0.4, 0.5) is 10.1 Å². The zero-order valence-electron chi connectivity index (χ0n) is 13.3. The number of nitrogens with zero attached hydrogens (tertiary/aromatic N) is 1. The second-order valence-corrected chi connectivity index (χ2v) is 7.06. The molecule has 1 saturated heterocycles. The molecule has 1 heterocycles. The number of rotatable bonds is 4. The van der Waals surface area contributed by atoms with E-state index in [4.69, 9.17) is 0 Å². The van der Waals surface area contributed by atoms with Gasteiger partial charge in [0.2, 0.25) is 5.91 Å². The van der Waals surface area contributed by atoms with Gasteiger partial charge in [0, 0.05) is 28.2 Å². The van der Waals surface area contributed by atoms with Crippen LogP contribution >= 0.6 is 15.9 Å². The normalized spacial score (nSPS) is 16.1. The molecule has 0 bridgehead atoms. The maximum Gasteiger partial charge on any atom is 0.227 e. The van der Waals surface area contributed by atoms with Crippen molar-refractivity contribution in [1.82, 2.24) is 4.90 Å². The molecule has 0 aromatic heterocycles. The Morgan fingerprint density at radius 2 is 1.88 bits per heavy atom. The molecule has 126 valence electrons. The highest BCUT2D eigenvalue weighted by atomic mass is 79.9. The summed E-state index contributed by atoms with van der Waals surface area (Å²) in [6.07, 6.45) is 1.60. The Balaban J connectivity index is 1.51. The number of hydrogen-bond acceptors (Lipinski definition) is 2. The van der Waals surface area contributed by atoms with Crippen LogP contribution in [-0.2, 0) is 11.3 Å². The first kappa shape index (κ1) is 17.1. The van der Waals surface area contributed by atoms with E-state index in [1.165, 1.54) is 6.07 Å². The summed E-state index contributed by atoms with van der Waals surface area (Å²) in [5, 5.41) is 2.97. The Bertz CT molecular complexity index is 700. The Labute approximate surface area is 150 Å². The highest BCUT2D eigenvalue weighted by molar-refractivity contribution is 9.10. The van der Waals surface area contributed by atoms with E-state index in [0.717, 1.165) is 36.1 Å². The molecular formula is C19H20BrFN2O. The maximum atomic E-state index is 13.9. The van der Waals surface area contributed by atoms with Gasteiger partial charge in [0.15, 0.2) is 0 Å². The number of amides is 1. The smallest absolute Gasteiger partial charge is 0.227 e. The molecule has 2 aromatic rings. The molecule has 1 aliphatic rings. The van der Waals surface area contributed by atoms with Crippen molar-refractivity contribution in [2.24, 2.45) is 5.92 Å². The summed E-state index contributed by atoms with van der Waals surface area (Å²) < 4.78 is 14.7. The van der Waals surface area contributed by atoms with Crippen molar-refractivity contribution >= 4 is 27.5 Å². The fourth-order valence-electron chi connectivity index (χ4n) is 3.01. The van der Waals surface area contributed by atoms with Gasteiger partial charge in [-0.1, -0.05) is 40.2 Å². The summed E-state index contributed by atoms with van der Waals surface area (Å²) >= 11 is 3.27. The van der Waals surface area contributed by atoms with Gasteiger partial charge in [-0.15, -0.1) is 0 Å². The Morgan fingerprint density at radius 1 is 1.17 bits per heavy atom. The number of piperidine rings is 1. The average molecular weight is 391 g/mol. The highest BCUT2D eigenvalue weighted by Crippen LogP contribution is 2.22. The molecule has 0 unspecified atom stereocenters. The van der Waals surface area contributed by atoms with Crippen molar-refractivity contribution in [3.63, 3.8) is 0 Å². The number of carbonyl (C=O) groups excluding carboxylic acids is 1. The number of halogens is 2. The van der Waals surface area contributed by atoms with Crippen molar-refractivity contribution < 1.29 is 9.18 Å². The average Bonchev–Trinajstić information content (AvgIpc) is 2.59. The van der Waals surface area contributed by atoms with Crippen LogP contribution in [0.15, 0.2) is 53.0 Å². The van der Waals surface area contributed by atoms with E-state index in [-0.39, 0.29) is 17.6 Å². The third-order valence-corrected chi connectivity index (χ3v) is 4.90. The van der Waals surface area contributed by atoms with Crippen LogP contribution in [0.1, 0.15) is 18.4 Å². The quantitative estimate of drug-likeness (QED) is 0.836. The second kappa shape index (κ2) is 7.90. The fraction of sp³-hybridized carbons (Fsp3) is 0.316. The van der Waals surface area contributed by atoms with E-state index in [9.17, 15) is 9.18 Å². The monoisotopic (exact) mass is 390 g/mol. The third kappa shape index (κ3) is 4.42. The molecular weight excluding hydrogens is 371 g/mol. The molecule has 24 heavy (non-hydrogen) atoms. The van der Waals surface area contributed by atoms with Gasteiger partial charge < -0.3 is 5.32 Å². The Kier molecular flexibility index (Phi) is 5.63. The summed E-state index contributed by atoms with van der Waals surface area (Å²) in [6.45, 7) is 2.21. The number of anilines is 1. The fourth-order valence-corrected chi connectivity index (χ4v) is 3.34. The minimum absolute atomic E-state index is 0.0243. The molecule has 3 rings (SSSR count). The minimum Gasteiger partial charge on any atom is -0.326 e. The number of nitrogens with one attached hydrogen (secondary N) is 1. The summed E-state index contributed by atoms with van der Waals surface area (Å²) in [4.78, 5) is 14.5. The van der Waals surface area contributed by atoms with E-state index >= 15 is 0 Å². The van der Waals surface area contributed by atoms with Crippen LogP contribution in [0.3, 0.4) is 0 Å². The van der Waals surface area contributed by atoms with Gasteiger partial charge >= 0.3 is 0 Å². The summed E-state index contributed by atoms with van der Waals surface area (Å²) in [7, 11) is 0. The first-order valence-electron chi connectivity index (χ1n) is 8.14. The summed E-state index contributed by atoms with van der Waals surface area (Å²) in [5.41, 5.74) is 1.53. The van der Waals surface area contributed by atoms with Gasteiger partial charge in [-0.05, 0) is 50.2 Å². The van der Waals surface area contributed by atoms with Gasteiger partial charge in [0.05, 0.1) is 0 Å². The molecule has 3 nitrogen and oxygen atoms in total. The summed E-state index contributed by atoms with van der Waals surface area (Å²) in [6, 6.07) is 14.7. The van der Waals surface area contributed by atoms with Crippen LogP contribution in [0, 0.1) is 11.7 Å². The van der Waals surface area contributed by atoms with Crippen molar-refractivity contribution in [2.45, 2.75) is 19.4 Å². The van der Waals surface area contributed by atoms with Crippen LogP contribution in [0.2, 0.25) is 0 Å². The molecule has 1 fully saturated rings. The Hall–Kier alpha value is -1.72. The molecule has 1 N–H and O–H groups in total. The predicted molar refractivity (Wildman–Crippen MR) is 97.2 cm³/mol. The lowest BCUT2D eigenvalue weighted by Crippen LogP contribution is -2.37. The van der Waals surface area contributed by atoms with E-state index in [1.807, 2.05) is 42.5 Å². The second-order valence-electron chi connectivity index (χ2n) is 6.14. The molecule has 0 radical (unpaired) electrons. The van der Waals surface area contributed by atoms with Gasteiger partial charge in [0.1, 0.15) is 5.82 Å². The minimum atomic E-state index is -0.187. The van der Waals surface area contributed by atoms with Gasteiger partial charge in [0.25, 0.3) is 0 Å². The van der Waals surface area contributed by atoms with Crippen LogP contribution in [0.25, 0.3) is 0 Å². The molecule has 0 atom stereocenters. The maximum absolute atomic E-state index is 13.9. The molecule has 5 heteroatoms. The zero-order valence-corrected chi connectivity index (χ0v) is 14.9. The molecule has 0 saturated carbocycles. The van der Waals surface area contributed by atoms with Crippen LogP contribution in [0.5, 0.6) is 0 Å². The third-order valence-electron chi connectivity index (χ3n) is 4.41. The van der Waals surface area contributed by atoms with E-state index in [2.05, 4.69) is 26.1 Å². The van der Waals surface area contributed by atoms with Crippen molar-refractivity contribution in [1.29, 1.82) is 0 Å². The number of carbonyl (C=O) groups is 1. The first-order valence-corrected chi connectivity index (χ1v) is 8.93. The number of para-hydroxylation sites is 1. The summed E-state index contributed by atoms with van der Waals surface area (Å²) in [5.74, 6) is -0.0831. The lowest BCUT2D eigenvalue weighted by molar-refractivity contribution is -0.121. The molecule has 1 aliphatic heterocycles. The van der Waals surface area contributed by atoms with E-state index in [1.54, 1.807) is 0 Å².